The maximum Gasteiger partial charge on any atom is 0.257 e. The molecule has 8 heteroatoms. The molecular weight excluding hydrogens is 345 g/mol. The van der Waals surface area contributed by atoms with Crippen molar-refractivity contribution >= 4 is 15.9 Å². The second kappa shape index (κ2) is 6.89. The molecule has 1 aliphatic carbocycles. The fraction of sp³-hybridized carbons (Fsp3) is 0.294. The maximum atomic E-state index is 14.2. The molecule has 1 aromatic heterocycles. The van der Waals surface area contributed by atoms with Gasteiger partial charge in [0.15, 0.2) is 0 Å². The Bertz CT molecular complexity index is 883. The molecule has 0 saturated heterocycles. The normalized spacial score (nSPS) is 14.3. The van der Waals surface area contributed by atoms with Crippen LogP contribution in [0.4, 0.5) is 4.39 Å². The van der Waals surface area contributed by atoms with E-state index in [1.54, 1.807) is 29.4 Å². The largest absolute Gasteiger partial charge is 0.331 e. The van der Waals surface area contributed by atoms with E-state index < -0.39 is 21.7 Å². The predicted octanol–water partition coefficient (Wildman–Crippen LogP) is 1.93. The van der Waals surface area contributed by atoms with E-state index in [1.165, 1.54) is 7.05 Å². The first-order valence-electron chi connectivity index (χ1n) is 7.85. The van der Waals surface area contributed by atoms with Crippen molar-refractivity contribution in [1.29, 1.82) is 0 Å². The van der Waals surface area contributed by atoms with Crippen molar-refractivity contribution in [3.63, 3.8) is 0 Å². The van der Waals surface area contributed by atoms with Gasteiger partial charge in [-0.3, -0.25) is 9.78 Å². The average Bonchev–Trinajstić information content (AvgIpc) is 3.45. The minimum absolute atomic E-state index is 0.0460. The highest BCUT2D eigenvalue weighted by Gasteiger charge is 2.34. The van der Waals surface area contributed by atoms with Crippen LogP contribution in [0.25, 0.3) is 0 Å². The monoisotopic (exact) mass is 363 g/mol. The van der Waals surface area contributed by atoms with Gasteiger partial charge in [-0.15, -0.1) is 0 Å². The third-order valence-corrected chi connectivity index (χ3v) is 5.51. The first kappa shape index (κ1) is 17.5. The molecule has 25 heavy (non-hydrogen) atoms. The zero-order valence-corrected chi connectivity index (χ0v) is 14.5. The molecule has 1 amide bonds. The Morgan fingerprint density at radius 1 is 1.28 bits per heavy atom. The molecule has 1 heterocycles. The predicted molar refractivity (Wildman–Crippen MR) is 89.8 cm³/mol. The number of aromatic nitrogens is 1. The van der Waals surface area contributed by atoms with Gasteiger partial charge in [0, 0.05) is 25.0 Å². The number of hydrogen-bond donors (Lipinski definition) is 1. The van der Waals surface area contributed by atoms with Gasteiger partial charge < -0.3 is 4.90 Å². The molecule has 2 aromatic rings. The molecule has 0 aliphatic heterocycles. The Labute approximate surface area is 145 Å². The van der Waals surface area contributed by atoms with Crippen molar-refractivity contribution < 1.29 is 17.6 Å². The quantitative estimate of drug-likeness (QED) is 0.851. The van der Waals surface area contributed by atoms with E-state index in [9.17, 15) is 17.6 Å². The van der Waals surface area contributed by atoms with E-state index in [2.05, 4.69) is 9.71 Å². The van der Waals surface area contributed by atoms with Crippen LogP contribution in [0.2, 0.25) is 0 Å². The molecule has 1 N–H and O–H groups in total. The van der Waals surface area contributed by atoms with Gasteiger partial charge in [-0.1, -0.05) is 0 Å². The number of benzene rings is 1. The molecule has 1 aromatic carbocycles. The zero-order chi connectivity index (χ0) is 18.0. The Kier molecular flexibility index (Phi) is 4.82. The molecule has 1 fully saturated rings. The van der Waals surface area contributed by atoms with Gasteiger partial charge in [0.25, 0.3) is 5.91 Å². The van der Waals surface area contributed by atoms with Gasteiger partial charge in [0.2, 0.25) is 10.0 Å². The molecule has 0 atom stereocenters. The summed E-state index contributed by atoms with van der Waals surface area (Å²) in [6.45, 7) is 0.328. The third kappa shape index (κ3) is 3.85. The number of pyridine rings is 1. The Balaban J connectivity index is 1.93. The minimum atomic E-state index is -3.76. The number of carbonyl (C=O) groups excluding carboxylic acids is 1. The molecule has 6 nitrogen and oxygen atoms in total. The van der Waals surface area contributed by atoms with Crippen LogP contribution in [-0.2, 0) is 16.6 Å². The van der Waals surface area contributed by atoms with E-state index in [0.29, 0.717) is 6.54 Å². The number of amides is 1. The number of nitrogens with one attached hydrogen (secondary N) is 1. The zero-order valence-electron chi connectivity index (χ0n) is 13.6. The van der Waals surface area contributed by atoms with Crippen molar-refractivity contribution in [3.05, 3.63) is 59.7 Å². The lowest BCUT2D eigenvalue weighted by molar-refractivity contribution is 0.0725. The molecule has 0 spiro atoms. The van der Waals surface area contributed by atoms with Crippen LogP contribution < -0.4 is 4.72 Å². The topological polar surface area (TPSA) is 79.4 Å². The van der Waals surface area contributed by atoms with E-state index in [-0.39, 0.29) is 16.5 Å². The summed E-state index contributed by atoms with van der Waals surface area (Å²) >= 11 is 0. The Hall–Kier alpha value is -2.32. The average molecular weight is 363 g/mol. The number of halogens is 1. The summed E-state index contributed by atoms with van der Waals surface area (Å²) < 4.78 is 40.2. The smallest absolute Gasteiger partial charge is 0.257 e. The van der Waals surface area contributed by atoms with Crippen molar-refractivity contribution in [2.24, 2.45) is 0 Å². The number of sulfonamides is 1. The van der Waals surface area contributed by atoms with Crippen LogP contribution in [0.5, 0.6) is 0 Å². The summed E-state index contributed by atoms with van der Waals surface area (Å²) in [5.41, 5.74) is 0.645. The Morgan fingerprint density at radius 3 is 2.56 bits per heavy atom. The number of carbonyl (C=O) groups is 1. The van der Waals surface area contributed by atoms with Crippen LogP contribution in [-0.4, -0.2) is 37.3 Å². The van der Waals surface area contributed by atoms with Crippen LogP contribution in [0.15, 0.2) is 47.6 Å². The fourth-order valence-electron chi connectivity index (χ4n) is 2.55. The van der Waals surface area contributed by atoms with Gasteiger partial charge in [-0.2, -0.15) is 0 Å². The highest BCUT2D eigenvalue weighted by molar-refractivity contribution is 7.89. The first-order chi connectivity index (χ1) is 11.9. The summed E-state index contributed by atoms with van der Waals surface area (Å²) in [4.78, 5) is 18.3. The molecule has 1 saturated carbocycles. The maximum absolute atomic E-state index is 14.2. The molecule has 3 rings (SSSR count). The summed E-state index contributed by atoms with van der Waals surface area (Å²) in [5.74, 6) is -1.25. The summed E-state index contributed by atoms with van der Waals surface area (Å²) in [7, 11) is -2.49. The van der Waals surface area contributed by atoms with Crippen molar-refractivity contribution in [1.82, 2.24) is 14.6 Å². The van der Waals surface area contributed by atoms with Gasteiger partial charge in [0.1, 0.15) is 5.82 Å². The van der Waals surface area contributed by atoms with E-state index >= 15 is 0 Å². The number of nitrogens with zero attached hydrogens (tertiary/aromatic N) is 2. The van der Waals surface area contributed by atoms with E-state index in [0.717, 1.165) is 36.6 Å². The first-order valence-corrected chi connectivity index (χ1v) is 9.33. The van der Waals surface area contributed by atoms with Crippen LogP contribution in [0.1, 0.15) is 28.8 Å². The lowest BCUT2D eigenvalue weighted by Crippen LogP contribution is -2.33. The summed E-state index contributed by atoms with van der Waals surface area (Å²) in [6.07, 6.45) is 4.97. The standard InChI is InChI=1S/C17H18FN3O3S/c1-19-25(23,24)14-4-5-16(18)15(10-14)17(22)21(13-2-3-13)11-12-6-8-20-9-7-12/h4-10,13,19H,2-3,11H2,1H3. The van der Waals surface area contributed by atoms with Crippen LogP contribution in [0, 0.1) is 5.82 Å². The van der Waals surface area contributed by atoms with Gasteiger partial charge >= 0.3 is 0 Å². The molecule has 0 bridgehead atoms. The van der Waals surface area contributed by atoms with Crippen LogP contribution >= 0.6 is 0 Å². The SMILES string of the molecule is CNS(=O)(=O)c1ccc(F)c(C(=O)N(Cc2ccncc2)C2CC2)c1. The van der Waals surface area contributed by atoms with Crippen LogP contribution in [0.3, 0.4) is 0 Å². The third-order valence-electron chi connectivity index (χ3n) is 4.10. The molecule has 0 radical (unpaired) electrons. The summed E-state index contributed by atoms with van der Waals surface area (Å²) in [6, 6.07) is 6.87. The Morgan fingerprint density at radius 2 is 1.96 bits per heavy atom. The van der Waals surface area contributed by atoms with Crippen molar-refractivity contribution in [2.45, 2.75) is 30.3 Å². The second-order valence-electron chi connectivity index (χ2n) is 5.87. The lowest BCUT2D eigenvalue weighted by Gasteiger charge is -2.23. The minimum Gasteiger partial charge on any atom is -0.331 e. The van der Waals surface area contributed by atoms with Gasteiger partial charge in [-0.25, -0.2) is 17.5 Å². The second-order valence-corrected chi connectivity index (χ2v) is 7.76. The van der Waals surface area contributed by atoms with Crippen molar-refractivity contribution in [3.8, 4) is 0 Å². The molecule has 0 unspecified atom stereocenters. The van der Waals surface area contributed by atoms with Gasteiger partial charge in [-0.05, 0) is 55.8 Å². The highest BCUT2D eigenvalue weighted by Crippen LogP contribution is 2.30. The van der Waals surface area contributed by atoms with E-state index in [4.69, 9.17) is 0 Å². The number of hydrogen-bond acceptors (Lipinski definition) is 4. The molecular formula is C17H18FN3O3S. The number of rotatable bonds is 6. The van der Waals surface area contributed by atoms with Gasteiger partial charge in [0.05, 0.1) is 10.5 Å². The summed E-state index contributed by atoms with van der Waals surface area (Å²) in [5, 5.41) is 0. The highest BCUT2D eigenvalue weighted by atomic mass is 32.2. The van der Waals surface area contributed by atoms with Crippen molar-refractivity contribution in [2.75, 3.05) is 7.05 Å². The molecule has 1 aliphatic rings. The fourth-order valence-corrected chi connectivity index (χ4v) is 3.30. The molecule has 132 valence electrons. The van der Waals surface area contributed by atoms with E-state index in [1.807, 2.05) is 0 Å². The lowest BCUT2D eigenvalue weighted by atomic mass is 10.1.